The van der Waals surface area contributed by atoms with E-state index >= 15 is 0 Å². The first-order valence-corrected chi connectivity index (χ1v) is 10.0. The van der Waals surface area contributed by atoms with Gasteiger partial charge in [0.15, 0.2) is 0 Å². The van der Waals surface area contributed by atoms with Gasteiger partial charge in [-0.3, -0.25) is 9.59 Å². The molecule has 1 atom stereocenters. The van der Waals surface area contributed by atoms with Crippen LogP contribution in [-0.2, 0) is 19.6 Å². The number of amides is 1. The van der Waals surface area contributed by atoms with Gasteiger partial charge in [-0.2, -0.15) is 4.31 Å². The second kappa shape index (κ2) is 8.53. The van der Waals surface area contributed by atoms with E-state index in [2.05, 4.69) is 0 Å². The van der Waals surface area contributed by atoms with Gasteiger partial charge in [0.25, 0.3) is 0 Å². The average molecular weight is 424 g/mol. The van der Waals surface area contributed by atoms with Crippen molar-refractivity contribution in [2.24, 2.45) is 5.73 Å². The van der Waals surface area contributed by atoms with Gasteiger partial charge in [0.2, 0.25) is 15.9 Å². The van der Waals surface area contributed by atoms with Crippen molar-refractivity contribution in [3.05, 3.63) is 28.2 Å². The monoisotopic (exact) mass is 423 g/mol. The first kappa shape index (κ1) is 20.9. The Labute approximate surface area is 161 Å². The Hall–Kier alpha value is -1.39. The number of carboxylic acids is 1. The zero-order valence-electron chi connectivity index (χ0n) is 13.8. The number of aliphatic carboxylic acids is 1. The lowest BCUT2D eigenvalue weighted by Crippen LogP contribution is -2.50. The Balaban J connectivity index is 1.95. The summed E-state index contributed by atoms with van der Waals surface area (Å²) < 4.78 is 26.6. The predicted molar refractivity (Wildman–Crippen MR) is 96.6 cm³/mol. The van der Waals surface area contributed by atoms with E-state index in [0.29, 0.717) is 0 Å². The van der Waals surface area contributed by atoms with Gasteiger partial charge in [-0.05, 0) is 24.6 Å². The van der Waals surface area contributed by atoms with Crippen LogP contribution < -0.4 is 5.73 Å². The molecule has 1 aromatic rings. The number of nitrogens with zero attached hydrogens (tertiary/aromatic N) is 2. The van der Waals surface area contributed by atoms with Gasteiger partial charge in [-0.15, -0.1) is 0 Å². The normalized spacial score (nSPS) is 17.1. The van der Waals surface area contributed by atoms with Gasteiger partial charge in [0.05, 0.1) is 14.9 Å². The van der Waals surface area contributed by atoms with Gasteiger partial charge in [0.1, 0.15) is 6.04 Å². The summed E-state index contributed by atoms with van der Waals surface area (Å²) in [5.74, 6) is -1.40. The van der Waals surface area contributed by atoms with Crippen molar-refractivity contribution in [2.45, 2.75) is 23.8 Å². The zero-order valence-corrected chi connectivity index (χ0v) is 16.1. The maximum Gasteiger partial charge on any atom is 0.320 e. The van der Waals surface area contributed by atoms with Crippen molar-refractivity contribution >= 4 is 45.1 Å². The van der Waals surface area contributed by atoms with Crippen LogP contribution in [0.3, 0.4) is 0 Å². The number of sulfonamides is 1. The second-order valence-corrected chi connectivity index (χ2v) is 8.60. The fraction of sp³-hybridized carbons (Fsp3) is 0.467. The van der Waals surface area contributed by atoms with Crippen LogP contribution in [0, 0.1) is 0 Å². The second-order valence-electron chi connectivity index (χ2n) is 5.84. The third kappa shape index (κ3) is 4.86. The number of nitrogens with two attached hydrogens (primary N) is 1. The summed E-state index contributed by atoms with van der Waals surface area (Å²) in [5, 5.41) is 9.15. The lowest BCUT2D eigenvalue weighted by Gasteiger charge is -2.34. The summed E-state index contributed by atoms with van der Waals surface area (Å²) >= 11 is 11.7. The van der Waals surface area contributed by atoms with Crippen molar-refractivity contribution in [2.75, 3.05) is 26.2 Å². The molecule has 3 N–H and O–H groups in total. The van der Waals surface area contributed by atoms with Crippen molar-refractivity contribution in [3.8, 4) is 0 Å². The summed E-state index contributed by atoms with van der Waals surface area (Å²) in [7, 11) is -3.73. The SMILES string of the molecule is N[C@@H](CCC(=O)N1CCN(S(=O)(=O)c2ccc(Cl)c(Cl)c2)CC1)C(=O)O. The molecule has 0 radical (unpaired) electrons. The smallest absolute Gasteiger partial charge is 0.320 e. The molecule has 0 spiro atoms. The van der Waals surface area contributed by atoms with Crippen LogP contribution in [0.5, 0.6) is 0 Å². The van der Waals surface area contributed by atoms with Crippen molar-refractivity contribution in [1.29, 1.82) is 0 Å². The quantitative estimate of drug-likeness (QED) is 0.704. The number of carbonyl (C=O) groups excluding carboxylic acids is 1. The molecule has 2 rings (SSSR count). The summed E-state index contributed by atoms with van der Waals surface area (Å²) in [6.45, 7) is 0.724. The lowest BCUT2D eigenvalue weighted by molar-refractivity contribution is -0.139. The molecule has 11 heteroatoms. The Bertz CT molecular complexity index is 794. The molecule has 1 heterocycles. The molecule has 1 fully saturated rings. The Morgan fingerprint density at radius 1 is 1.15 bits per heavy atom. The molecule has 1 aliphatic rings. The van der Waals surface area contributed by atoms with E-state index in [4.69, 9.17) is 34.0 Å². The van der Waals surface area contributed by atoms with Gasteiger partial charge in [-0.25, -0.2) is 8.42 Å². The van der Waals surface area contributed by atoms with E-state index in [9.17, 15) is 18.0 Å². The first-order chi connectivity index (χ1) is 12.1. The molecule has 144 valence electrons. The highest BCUT2D eigenvalue weighted by atomic mass is 35.5. The number of rotatable bonds is 6. The van der Waals surface area contributed by atoms with E-state index in [1.54, 1.807) is 0 Å². The standard InChI is InChI=1S/C15H19Cl2N3O5S/c16-11-2-1-10(9-12(11)17)26(24,25)20-7-5-19(6-8-20)14(21)4-3-13(18)15(22)23/h1-2,9,13H,3-8,18H2,(H,22,23)/t13-/m0/s1. The number of carbonyl (C=O) groups is 2. The van der Waals surface area contributed by atoms with Crippen LogP contribution in [0.15, 0.2) is 23.1 Å². The maximum atomic E-state index is 12.7. The molecule has 26 heavy (non-hydrogen) atoms. The van der Waals surface area contributed by atoms with E-state index in [1.165, 1.54) is 27.4 Å². The van der Waals surface area contributed by atoms with Gasteiger partial charge in [-0.1, -0.05) is 23.2 Å². The summed E-state index contributed by atoms with van der Waals surface area (Å²) in [6.07, 6.45) is 0.0446. The Morgan fingerprint density at radius 3 is 2.31 bits per heavy atom. The summed E-state index contributed by atoms with van der Waals surface area (Å²) in [5.41, 5.74) is 5.38. The average Bonchev–Trinajstić information content (AvgIpc) is 2.61. The van der Waals surface area contributed by atoms with Crippen molar-refractivity contribution in [3.63, 3.8) is 0 Å². The molecule has 1 amide bonds. The maximum absolute atomic E-state index is 12.7. The first-order valence-electron chi connectivity index (χ1n) is 7.84. The van der Waals surface area contributed by atoms with Gasteiger partial charge < -0.3 is 15.7 Å². The Kier molecular flexibility index (Phi) is 6.86. The topological polar surface area (TPSA) is 121 Å². The van der Waals surface area contributed by atoms with Crippen LogP contribution in [0.4, 0.5) is 0 Å². The minimum atomic E-state index is -3.73. The lowest BCUT2D eigenvalue weighted by atomic mass is 10.1. The van der Waals surface area contributed by atoms with Crippen LogP contribution >= 0.6 is 23.2 Å². The fourth-order valence-electron chi connectivity index (χ4n) is 2.52. The molecule has 1 saturated heterocycles. The molecule has 1 aliphatic heterocycles. The molecule has 0 unspecified atom stereocenters. The van der Waals surface area contributed by atoms with Crippen LogP contribution in [0.2, 0.25) is 10.0 Å². The van der Waals surface area contributed by atoms with Crippen molar-refractivity contribution in [1.82, 2.24) is 9.21 Å². The Morgan fingerprint density at radius 2 is 1.77 bits per heavy atom. The number of halogens is 2. The van der Waals surface area contributed by atoms with Gasteiger partial charge in [0, 0.05) is 32.6 Å². The molecule has 0 saturated carbocycles. The summed E-state index contributed by atoms with van der Waals surface area (Å²) in [4.78, 5) is 24.3. The highest BCUT2D eigenvalue weighted by Crippen LogP contribution is 2.27. The van der Waals surface area contributed by atoms with E-state index in [1.807, 2.05) is 0 Å². The number of piperazine rings is 1. The molecule has 8 nitrogen and oxygen atoms in total. The predicted octanol–water partition coefficient (Wildman–Crippen LogP) is 1.02. The van der Waals surface area contributed by atoms with Crippen LogP contribution in [-0.4, -0.2) is 66.8 Å². The number of hydrogen-bond acceptors (Lipinski definition) is 5. The number of carboxylic acid groups (broad SMARTS) is 1. The highest BCUT2D eigenvalue weighted by Gasteiger charge is 2.30. The molecule has 0 bridgehead atoms. The molecular formula is C15H19Cl2N3O5S. The van der Waals surface area contributed by atoms with E-state index < -0.39 is 22.0 Å². The third-order valence-electron chi connectivity index (χ3n) is 4.11. The molecule has 1 aromatic carbocycles. The third-order valence-corrected chi connectivity index (χ3v) is 6.74. The largest absolute Gasteiger partial charge is 0.480 e. The minimum absolute atomic E-state index is 0.00695. The van der Waals surface area contributed by atoms with E-state index in [0.717, 1.165) is 0 Å². The van der Waals surface area contributed by atoms with Gasteiger partial charge >= 0.3 is 5.97 Å². The number of hydrogen-bond donors (Lipinski definition) is 2. The highest BCUT2D eigenvalue weighted by molar-refractivity contribution is 7.89. The molecular weight excluding hydrogens is 405 g/mol. The van der Waals surface area contributed by atoms with E-state index in [-0.39, 0.29) is 59.9 Å². The summed E-state index contributed by atoms with van der Waals surface area (Å²) in [6, 6.07) is 3.01. The van der Waals surface area contributed by atoms with Crippen LogP contribution in [0.1, 0.15) is 12.8 Å². The fourth-order valence-corrected chi connectivity index (χ4v) is 4.34. The zero-order chi connectivity index (χ0) is 19.5. The number of benzene rings is 1. The molecule has 0 aliphatic carbocycles. The molecule has 0 aromatic heterocycles. The van der Waals surface area contributed by atoms with Crippen LogP contribution in [0.25, 0.3) is 0 Å². The minimum Gasteiger partial charge on any atom is -0.480 e. The van der Waals surface area contributed by atoms with Crippen molar-refractivity contribution < 1.29 is 23.1 Å².